The number of H-pyrrole nitrogens is 2. The van der Waals surface area contributed by atoms with Gasteiger partial charge in [-0.05, 0) is 25.1 Å². The maximum Gasteiger partial charge on any atom is 0.417 e. The van der Waals surface area contributed by atoms with Crippen LogP contribution < -0.4 is 10.6 Å². The lowest BCUT2D eigenvalue weighted by Crippen LogP contribution is -2.52. The number of pyridine rings is 1. The molecule has 0 radical (unpaired) electrons. The van der Waals surface area contributed by atoms with Crippen molar-refractivity contribution in [2.75, 3.05) is 31.1 Å². The number of hydrogen-bond donors (Lipinski definition) is 3. The average Bonchev–Trinajstić information content (AvgIpc) is 3.27. The van der Waals surface area contributed by atoms with E-state index in [2.05, 4.69) is 30.1 Å². The van der Waals surface area contributed by atoms with Crippen LogP contribution >= 0.6 is 0 Å². The van der Waals surface area contributed by atoms with E-state index >= 15 is 0 Å². The Balaban J connectivity index is 1.40. The Morgan fingerprint density at radius 1 is 1.29 bits per heavy atom. The average molecular weight is 435 g/mol. The molecule has 0 spiro atoms. The molecule has 164 valence electrons. The van der Waals surface area contributed by atoms with Gasteiger partial charge >= 0.3 is 11.9 Å². The molecular weight excluding hydrogens is 415 g/mol. The predicted octanol–water partition coefficient (Wildman–Crippen LogP) is 2.72. The van der Waals surface area contributed by atoms with Crippen molar-refractivity contribution < 1.29 is 18.3 Å². The largest absolute Gasteiger partial charge is 0.493 e. The van der Waals surface area contributed by atoms with Crippen LogP contribution in [-0.4, -0.2) is 57.2 Å². The van der Waals surface area contributed by atoms with Crippen molar-refractivity contribution in [3.63, 3.8) is 0 Å². The third kappa shape index (κ3) is 4.53. The van der Waals surface area contributed by atoms with E-state index in [1.54, 1.807) is 12.3 Å². The summed E-state index contributed by atoms with van der Waals surface area (Å²) in [4.78, 5) is 24.2. The minimum atomic E-state index is -4.41. The first-order valence-electron chi connectivity index (χ1n) is 9.56. The molecule has 1 fully saturated rings. The van der Waals surface area contributed by atoms with Crippen molar-refractivity contribution in [2.24, 2.45) is 10.2 Å². The molecule has 4 heterocycles. The van der Waals surface area contributed by atoms with E-state index in [4.69, 9.17) is 0 Å². The van der Waals surface area contributed by atoms with Crippen LogP contribution in [0, 0.1) is 0 Å². The van der Waals surface area contributed by atoms with E-state index in [1.807, 2.05) is 11.8 Å². The van der Waals surface area contributed by atoms with Crippen LogP contribution in [-0.2, 0) is 6.18 Å². The number of alkyl halides is 3. The number of piperazine rings is 1. The number of halogens is 3. The van der Waals surface area contributed by atoms with Crippen LogP contribution in [0.15, 0.2) is 50.8 Å². The second-order valence-corrected chi connectivity index (χ2v) is 7.42. The van der Waals surface area contributed by atoms with Crippen LogP contribution in [0.2, 0.25) is 0 Å². The monoisotopic (exact) mass is 435 g/mol. The molecule has 1 unspecified atom stereocenters. The van der Waals surface area contributed by atoms with Gasteiger partial charge in [-0.3, -0.25) is 9.88 Å². The van der Waals surface area contributed by atoms with Crippen LogP contribution in [0.3, 0.4) is 0 Å². The van der Waals surface area contributed by atoms with Gasteiger partial charge in [-0.25, -0.2) is 9.78 Å². The van der Waals surface area contributed by atoms with Crippen LogP contribution in [0.5, 0.6) is 5.88 Å². The summed E-state index contributed by atoms with van der Waals surface area (Å²) in [6.45, 7) is 4.48. The summed E-state index contributed by atoms with van der Waals surface area (Å²) in [6, 6.07) is 2.48. The van der Waals surface area contributed by atoms with E-state index in [0.29, 0.717) is 37.7 Å². The molecule has 0 bridgehead atoms. The molecule has 1 atom stereocenters. The number of nitrogens with zero attached hydrogens (tertiary/aromatic N) is 5. The van der Waals surface area contributed by atoms with Gasteiger partial charge in [-0.15, -0.1) is 0 Å². The van der Waals surface area contributed by atoms with Crippen molar-refractivity contribution in [2.45, 2.75) is 19.1 Å². The number of aromatic amines is 2. The number of azo groups is 1. The summed E-state index contributed by atoms with van der Waals surface area (Å²) in [5.41, 5.74) is 0.294. The SMILES string of the molecule is CC1CN(CC2=CN=NC2=Cc2[nH]c(=O)[nH]c2O)CCN1c1ccc(C(F)(F)F)cn1. The molecule has 9 nitrogen and oxygen atoms in total. The number of nitrogens with one attached hydrogen (secondary N) is 2. The number of rotatable bonds is 4. The third-order valence-electron chi connectivity index (χ3n) is 5.20. The molecule has 0 amide bonds. The predicted molar refractivity (Wildman–Crippen MR) is 106 cm³/mol. The number of imidazole rings is 1. The molecule has 2 aliphatic rings. The Morgan fingerprint density at radius 3 is 2.71 bits per heavy atom. The fourth-order valence-corrected chi connectivity index (χ4v) is 3.64. The molecule has 31 heavy (non-hydrogen) atoms. The zero-order valence-electron chi connectivity index (χ0n) is 16.5. The Bertz CT molecular complexity index is 1100. The fraction of sp³-hybridized carbons (Fsp3) is 0.368. The van der Waals surface area contributed by atoms with Gasteiger partial charge in [0.05, 0.1) is 17.5 Å². The Kier molecular flexibility index (Phi) is 5.39. The molecule has 1 saturated heterocycles. The van der Waals surface area contributed by atoms with Crippen molar-refractivity contribution in [3.8, 4) is 5.88 Å². The Labute approximate surface area is 174 Å². The van der Waals surface area contributed by atoms with E-state index in [-0.39, 0.29) is 17.6 Å². The summed E-state index contributed by atoms with van der Waals surface area (Å²) < 4.78 is 38.3. The third-order valence-corrected chi connectivity index (χ3v) is 5.20. The van der Waals surface area contributed by atoms with Crippen molar-refractivity contribution in [3.05, 3.63) is 57.5 Å². The Morgan fingerprint density at radius 2 is 2.10 bits per heavy atom. The van der Waals surface area contributed by atoms with Crippen LogP contribution in [0.25, 0.3) is 6.08 Å². The fourth-order valence-electron chi connectivity index (χ4n) is 3.64. The second-order valence-electron chi connectivity index (χ2n) is 7.42. The van der Waals surface area contributed by atoms with Crippen LogP contribution in [0.4, 0.5) is 19.0 Å². The zero-order chi connectivity index (χ0) is 22.2. The highest BCUT2D eigenvalue weighted by atomic mass is 19.4. The lowest BCUT2D eigenvalue weighted by molar-refractivity contribution is -0.137. The van der Waals surface area contributed by atoms with E-state index in [0.717, 1.165) is 17.8 Å². The summed E-state index contributed by atoms with van der Waals surface area (Å²) in [5.74, 6) is 0.239. The van der Waals surface area contributed by atoms with Crippen molar-refractivity contribution in [1.29, 1.82) is 0 Å². The molecular formula is C19H20F3N7O2. The first kappa shape index (κ1) is 20.8. The van der Waals surface area contributed by atoms with Gasteiger partial charge in [-0.1, -0.05) is 0 Å². The number of hydrogen-bond acceptors (Lipinski definition) is 7. The standard InChI is InChI=1S/C19H20F3N7O2/c1-11-9-28(4-5-29(11)16-3-2-13(8-23-16)19(20,21)22)10-12-7-24-27-14(12)6-15-17(30)26-18(31)25-15/h2-3,6-8,11,30H,4-5,9-10H2,1H3,(H2,25,26,31). The minimum Gasteiger partial charge on any atom is -0.493 e. The molecule has 12 heteroatoms. The smallest absolute Gasteiger partial charge is 0.417 e. The molecule has 3 N–H and O–H groups in total. The van der Waals surface area contributed by atoms with E-state index < -0.39 is 17.4 Å². The van der Waals surface area contributed by atoms with E-state index in [9.17, 15) is 23.1 Å². The molecule has 2 aliphatic heterocycles. The van der Waals surface area contributed by atoms with Gasteiger partial charge < -0.3 is 15.0 Å². The first-order valence-corrected chi connectivity index (χ1v) is 9.56. The summed E-state index contributed by atoms with van der Waals surface area (Å²) in [5, 5.41) is 17.7. The van der Waals surface area contributed by atoms with Gasteiger partial charge in [0.1, 0.15) is 11.5 Å². The van der Waals surface area contributed by atoms with Gasteiger partial charge in [0.25, 0.3) is 0 Å². The minimum absolute atomic E-state index is 0.0337. The van der Waals surface area contributed by atoms with Crippen molar-refractivity contribution in [1.82, 2.24) is 19.9 Å². The molecule has 0 aromatic carbocycles. The number of anilines is 1. The maximum absolute atomic E-state index is 12.8. The van der Waals surface area contributed by atoms with Gasteiger partial charge in [0, 0.05) is 44.0 Å². The summed E-state index contributed by atoms with van der Waals surface area (Å²) in [7, 11) is 0. The highest BCUT2D eigenvalue weighted by Gasteiger charge is 2.32. The maximum atomic E-state index is 12.8. The first-order chi connectivity index (χ1) is 14.7. The van der Waals surface area contributed by atoms with Gasteiger partial charge in [-0.2, -0.15) is 23.4 Å². The number of aromatic hydroxyl groups is 1. The summed E-state index contributed by atoms with van der Waals surface area (Å²) in [6.07, 6.45) is -0.377. The topological polar surface area (TPSA) is 113 Å². The lowest BCUT2D eigenvalue weighted by Gasteiger charge is -2.40. The van der Waals surface area contributed by atoms with Gasteiger partial charge in [0.15, 0.2) is 0 Å². The molecule has 4 rings (SSSR count). The van der Waals surface area contributed by atoms with Crippen LogP contribution in [0.1, 0.15) is 18.2 Å². The van der Waals surface area contributed by atoms with E-state index in [1.165, 1.54) is 6.07 Å². The molecule has 2 aromatic rings. The quantitative estimate of drug-likeness (QED) is 0.684. The highest BCUT2D eigenvalue weighted by Crippen LogP contribution is 2.30. The molecule has 0 aliphatic carbocycles. The molecule has 0 saturated carbocycles. The normalized spacial score (nSPS) is 21.2. The lowest BCUT2D eigenvalue weighted by atomic mass is 10.1. The zero-order valence-corrected chi connectivity index (χ0v) is 16.5. The highest BCUT2D eigenvalue weighted by molar-refractivity contribution is 5.59. The molecule has 2 aromatic heterocycles. The summed E-state index contributed by atoms with van der Waals surface area (Å²) >= 11 is 0. The second kappa shape index (κ2) is 8.02. The Hall–Kier alpha value is -3.41. The van der Waals surface area contributed by atoms with Gasteiger partial charge in [0.2, 0.25) is 5.88 Å². The van der Waals surface area contributed by atoms with Crippen molar-refractivity contribution >= 4 is 11.9 Å². The number of aromatic nitrogens is 3.